The number of carbonyl (C=O) groups is 1. The maximum absolute atomic E-state index is 14.4. The Morgan fingerprint density at radius 1 is 1.21 bits per heavy atom. The van der Waals surface area contributed by atoms with Gasteiger partial charge >= 0.3 is 0 Å². The minimum Gasteiger partial charge on any atom is -0.377 e. The Bertz CT molecular complexity index is 809. The summed E-state index contributed by atoms with van der Waals surface area (Å²) in [6, 6.07) is 2.60. The highest BCUT2D eigenvalue weighted by Crippen LogP contribution is 2.24. The van der Waals surface area contributed by atoms with Crippen molar-refractivity contribution in [1.29, 1.82) is 0 Å². The Morgan fingerprint density at radius 3 is 2.54 bits per heavy atom. The molecule has 7 heteroatoms. The molecule has 2 rings (SSSR count). The number of aldehydes is 1. The van der Waals surface area contributed by atoms with Crippen molar-refractivity contribution in [3.63, 3.8) is 0 Å². The smallest absolute Gasteiger partial charge is 0.162 e. The van der Waals surface area contributed by atoms with Gasteiger partial charge in [0.25, 0.3) is 0 Å². The lowest BCUT2D eigenvalue weighted by Crippen LogP contribution is -2.21. The molecule has 1 aromatic carbocycles. The van der Waals surface area contributed by atoms with E-state index in [1.165, 1.54) is 18.5 Å². The normalized spacial score (nSPS) is 12.3. The van der Waals surface area contributed by atoms with E-state index in [-0.39, 0.29) is 29.9 Å². The van der Waals surface area contributed by atoms with Gasteiger partial charge in [-0.25, -0.2) is 18.7 Å². The number of nitrogens with zero attached hydrogens (tertiary/aromatic N) is 3. The summed E-state index contributed by atoms with van der Waals surface area (Å²) in [6.45, 7) is 1.63. The number of hydrogen-bond acceptors (Lipinski definition) is 4. The maximum atomic E-state index is 14.4. The van der Waals surface area contributed by atoms with E-state index in [1.807, 2.05) is 6.92 Å². The summed E-state index contributed by atoms with van der Waals surface area (Å²) >= 11 is 0. The van der Waals surface area contributed by atoms with E-state index in [0.29, 0.717) is 23.8 Å². The lowest BCUT2D eigenvalue weighted by atomic mass is 10.0. The van der Waals surface area contributed by atoms with Gasteiger partial charge in [-0.2, -0.15) is 0 Å². The zero-order chi connectivity index (χ0) is 20.5. The van der Waals surface area contributed by atoms with Gasteiger partial charge in [-0.05, 0) is 42.0 Å². The largest absolute Gasteiger partial charge is 0.377 e. The molecule has 0 saturated heterocycles. The van der Waals surface area contributed by atoms with Crippen molar-refractivity contribution >= 4 is 12.4 Å². The molecule has 0 saturated carbocycles. The third-order valence-corrected chi connectivity index (χ3v) is 4.23. The molecule has 0 fully saturated rings. The molecule has 1 heterocycles. The minimum absolute atomic E-state index is 0.133. The van der Waals surface area contributed by atoms with Crippen LogP contribution in [0.1, 0.15) is 41.3 Å². The van der Waals surface area contributed by atoms with Crippen LogP contribution < -0.4 is 0 Å². The Morgan fingerprint density at radius 2 is 1.93 bits per heavy atom. The van der Waals surface area contributed by atoms with Crippen LogP contribution >= 0.6 is 0 Å². The standard InChI is InChI=1S/C21H24F3N3O/c1-3-4-18(23)13-27(2)8-6-16-9-19(20(24)10-17(16)14-28)21-25-11-15(5-7-22)12-26-21/h6,8-12,14,18H,3-5,7,13H2,1-2H3/b8-6-. The molecule has 2 aromatic rings. The van der Waals surface area contributed by atoms with Crippen molar-refractivity contribution in [3.8, 4) is 11.4 Å². The average Bonchev–Trinajstić information content (AvgIpc) is 2.68. The topological polar surface area (TPSA) is 46.1 Å². The highest BCUT2D eigenvalue weighted by molar-refractivity contribution is 5.84. The van der Waals surface area contributed by atoms with Gasteiger partial charge in [-0.15, -0.1) is 0 Å². The number of aromatic nitrogens is 2. The molecule has 1 unspecified atom stereocenters. The number of rotatable bonds is 10. The monoisotopic (exact) mass is 391 g/mol. The van der Waals surface area contributed by atoms with Crippen molar-refractivity contribution in [2.45, 2.75) is 32.4 Å². The summed E-state index contributed by atoms with van der Waals surface area (Å²) in [5, 5.41) is 0. The lowest BCUT2D eigenvalue weighted by molar-refractivity contribution is 0.112. The van der Waals surface area contributed by atoms with E-state index >= 15 is 0 Å². The molecule has 0 N–H and O–H groups in total. The fourth-order valence-electron chi connectivity index (χ4n) is 2.74. The summed E-state index contributed by atoms with van der Waals surface area (Å²) < 4.78 is 40.5. The number of aryl methyl sites for hydroxylation is 1. The minimum atomic E-state index is -0.940. The molecule has 1 aromatic heterocycles. The fraction of sp³-hybridized carbons (Fsp3) is 0.381. The molecule has 150 valence electrons. The van der Waals surface area contributed by atoms with Crippen molar-refractivity contribution < 1.29 is 18.0 Å². The number of alkyl halides is 2. The highest BCUT2D eigenvalue weighted by atomic mass is 19.1. The molecule has 28 heavy (non-hydrogen) atoms. The molecule has 0 aliphatic rings. The zero-order valence-electron chi connectivity index (χ0n) is 16.0. The molecular formula is C21H24F3N3O. The van der Waals surface area contributed by atoms with E-state index in [0.717, 1.165) is 12.5 Å². The van der Waals surface area contributed by atoms with Crippen LogP contribution in [0.4, 0.5) is 13.2 Å². The van der Waals surface area contributed by atoms with Crippen molar-refractivity contribution in [2.24, 2.45) is 0 Å². The molecule has 0 spiro atoms. The summed E-state index contributed by atoms with van der Waals surface area (Å²) in [6.07, 6.45) is 7.24. The van der Waals surface area contributed by atoms with Gasteiger partial charge in [-0.1, -0.05) is 13.3 Å². The summed E-state index contributed by atoms with van der Waals surface area (Å²) in [5.41, 5.74) is 1.39. The first kappa shape index (κ1) is 21.6. The van der Waals surface area contributed by atoms with Gasteiger partial charge in [0.2, 0.25) is 0 Å². The maximum Gasteiger partial charge on any atom is 0.162 e. The predicted molar refractivity (Wildman–Crippen MR) is 104 cm³/mol. The van der Waals surface area contributed by atoms with E-state index in [1.54, 1.807) is 24.2 Å². The third kappa shape index (κ3) is 5.90. The van der Waals surface area contributed by atoms with Crippen LogP contribution in [0.25, 0.3) is 17.5 Å². The summed E-state index contributed by atoms with van der Waals surface area (Å²) in [7, 11) is 1.73. The van der Waals surface area contributed by atoms with Crippen LogP contribution in [0.15, 0.2) is 30.7 Å². The van der Waals surface area contributed by atoms with Crippen molar-refractivity contribution in [3.05, 3.63) is 53.2 Å². The first-order chi connectivity index (χ1) is 13.5. The lowest BCUT2D eigenvalue weighted by Gasteiger charge is -2.17. The molecular weight excluding hydrogens is 367 g/mol. The molecule has 0 amide bonds. The average molecular weight is 391 g/mol. The zero-order valence-corrected chi connectivity index (χ0v) is 16.0. The Balaban J connectivity index is 2.28. The number of benzene rings is 1. The van der Waals surface area contributed by atoms with Gasteiger partial charge in [0.05, 0.1) is 12.2 Å². The van der Waals surface area contributed by atoms with Crippen LogP contribution in [0, 0.1) is 5.82 Å². The third-order valence-electron chi connectivity index (χ3n) is 4.23. The Labute approximate surface area is 163 Å². The SMILES string of the molecule is CCCC(F)CN(C)/C=C\c1cc(-c2ncc(CCF)cn2)c(F)cc1C=O. The van der Waals surface area contributed by atoms with E-state index < -0.39 is 18.7 Å². The van der Waals surface area contributed by atoms with Crippen LogP contribution in [0.2, 0.25) is 0 Å². The first-order valence-corrected chi connectivity index (χ1v) is 9.17. The summed E-state index contributed by atoms with van der Waals surface area (Å²) in [4.78, 5) is 21.2. The number of hydrogen-bond donors (Lipinski definition) is 0. The van der Waals surface area contributed by atoms with Gasteiger partial charge in [0, 0.05) is 38.0 Å². The molecule has 0 aliphatic carbocycles. The predicted octanol–water partition coefficient (Wildman–Crippen LogP) is 4.65. The summed E-state index contributed by atoms with van der Waals surface area (Å²) in [5.74, 6) is -0.482. The second kappa shape index (κ2) is 10.6. The van der Waals surface area contributed by atoms with Gasteiger partial charge in [0.15, 0.2) is 12.1 Å². The number of carbonyl (C=O) groups excluding carboxylic acids is 1. The van der Waals surface area contributed by atoms with Gasteiger partial charge in [-0.3, -0.25) is 9.18 Å². The van der Waals surface area contributed by atoms with Crippen molar-refractivity contribution in [1.82, 2.24) is 14.9 Å². The first-order valence-electron chi connectivity index (χ1n) is 9.17. The van der Waals surface area contributed by atoms with E-state index in [2.05, 4.69) is 9.97 Å². The number of halogens is 3. The fourth-order valence-corrected chi connectivity index (χ4v) is 2.74. The van der Waals surface area contributed by atoms with Crippen LogP contribution in [0.3, 0.4) is 0 Å². The second-order valence-electron chi connectivity index (χ2n) is 6.57. The molecule has 0 radical (unpaired) electrons. The second-order valence-corrected chi connectivity index (χ2v) is 6.57. The Hall–Kier alpha value is -2.70. The molecule has 4 nitrogen and oxygen atoms in total. The van der Waals surface area contributed by atoms with Gasteiger partial charge < -0.3 is 4.90 Å². The Kier molecular flexibility index (Phi) is 8.17. The van der Waals surface area contributed by atoms with Crippen molar-refractivity contribution in [2.75, 3.05) is 20.3 Å². The molecule has 0 bridgehead atoms. The highest BCUT2D eigenvalue weighted by Gasteiger charge is 2.13. The van der Waals surface area contributed by atoms with Gasteiger partial charge in [0.1, 0.15) is 12.0 Å². The van der Waals surface area contributed by atoms with E-state index in [4.69, 9.17) is 0 Å². The molecule has 0 aliphatic heterocycles. The van der Waals surface area contributed by atoms with Crippen LogP contribution in [-0.4, -0.2) is 47.6 Å². The van der Waals surface area contributed by atoms with E-state index in [9.17, 15) is 18.0 Å². The quantitative estimate of drug-likeness (QED) is 0.553. The van der Waals surface area contributed by atoms with Crippen LogP contribution in [-0.2, 0) is 6.42 Å². The molecule has 1 atom stereocenters. The van der Waals surface area contributed by atoms with Crippen LogP contribution in [0.5, 0.6) is 0 Å².